The van der Waals surface area contributed by atoms with Gasteiger partial charge in [0.15, 0.2) is 0 Å². The number of carbonyl (C=O) groups is 3. The number of methoxy groups -OCH3 is 1. The van der Waals surface area contributed by atoms with Gasteiger partial charge in [0.2, 0.25) is 5.91 Å². The molecule has 0 saturated carbocycles. The number of hydrogen-bond donors (Lipinski definition) is 2. The molecule has 0 radical (unpaired) electrons. The topological polar surface area (TPSA) is 100 Å². The number of likely N-dealkylation sites (N-methyl/N-ethyl adjacent to an activating group) is 1. The Morgan fingerprint density at radius 1 is 1.28 bits per heavy atom. The third kappa shape index (κ3) is 3.81. The first-order valence-electron chi connectivity index (χ1n) is 10.9. The van der Waals surface area contributed by atoms with Gasteiger partial charge in [-0.15, -0.1) is 0 Å². The van der Waals surface area contributed by atoms with Crippen LogP contribution in [0.2, 0.25) is 0 Å². The van der Waals surface area contributed by atoms with Crippen LogP contribution in [0.15, 0.2) is 35.5 Å². The number of benzene rings is 1. The highest BCUT2D eigenvalue weighted by Crippen LogP contribution is 2.38. The highest BCUT2D eigenvalue weighted by atomic mass is 16.5. The summed E-state index contributed by atoms with van der Waals surface area (Å²) in [5, 5.41) is 5.84. The standard InChI is InChI=1S/C23H30N4O5/c1-23(2,21(29)24-12-16-6-5-11-32-16)27-13-17-18(20(27)28)19(25-22(30)26(17)3)14-7-9-15(31-4)10-8-14/h7-10,16,19H,5-6,11-13H2,1-4H3,(H,24,29)(H,25,30)/t16-,19+/m1/s1. The fourth-order valence-electron chi connectivity index (χ4n) is 4.42. The molecule has 3 aliphatic heterocycles. The SMILES string of the molecule is COc1ccc([C@@H]2NC(=O)N(C)C3=C2C(=O)N(C(C)(C)C(=O)NC[C@H]2CCCO2)C3)cc1. The number of nitrogens with zero attached hydrogens (tertiary/aromatic N) is 2. The van der Waals surface area contributed by atoms with Gasteiger partial charge in [0.25, 0.3) is 5.91 Å². The molecule has 2 atom stereocenters. The predicted octanol–water partition coefficient (Wildman–Crippen LogP) is 1.56. The summed E-state index contributed by atoms with van der Waals surface area (Å²) < 4.78 is 10.8. The molecular formula is C23H30N4O5. The summed E-state index contributed by atoms with van der Waals surface area (Å²) in [6.45, 7) is 4.78. The summed E-state index contributed by atoms with van der Waals surface area (Å²) in [5.74, 6) is 0.180. The van der Waals surface area contributed by atoms with E-state index in [2.05, 4.69) is 10.6 Å². The molecule has 1 saturated heterocycles. The Hall–Kier alpha value is -3.07. The number of ether oxygens (including phenoxy) is 2. The van der Waals surface area contributed by atoms with Crippen molar-refractivity contribution in [1.29, 1.82) is 0 Å². The molecule has 1 fully saturated rings. The number of urea groups is 1. The second-order valence-corrected chi connectivity index (χ2v) is 8.87. The molecule has 4 amide bonds. The van der Waals surface area contributed by atoms with Crippen LogP contribution in [0.4, 0.5) is 4.79 Å². The second-order valence-electron chi connectivity index (χ2n) is 8.87. The second kappa shape index (κ2) is 8.46. The van der Waals surface area contributed by atoms with E-state index in [0.717, 1.165) is 18.4 Å². The van der Waals surface area contributed by atoms with E-state index in [4.69, 9.17) is 9.47 Å². The molecule has 0 aliphatic carbocycles. The van der Waals surface area contributed by atoms with Gasteiger partial charge in [-0.3, -0.25) is 14.5 Å². The lowest BCUT2D eigenvalue weighted by atomic mass is 9.95. The van der Waals surface area contributed by atoms with Crippen LogP contribution in [0.25, 0.3) is 0 Å². The van der Waals surface area contributed by atoms with Gasteiger partial charge in [-0.25, -0.2) is 4.79 Å². The Bertz CT molecular complexity index is 950. The van der Waals surface area contributed by atoms with E-state index >= 15 is 0 Å². The minimum atomic E-state index is -1.10. The van der Waals surface area contributed by atoms with Gasteiger partial charge in [-0.1, -0.05) is 12.1 Å². The Balaban J connectivity index is 1.57. The van der Waals surface area contributed by atoms with Crippen LogP contribution in [-0.2, 0) is 14.3 Å². The van der Waals surface area contributed by atoms with Crippen molar-refractivity contribution in [2.24, 2.45) is 0 Å². The van der Waals surface area contributed by atoms with Crippen LogP contribution in [-0.4, -0.2) is 73.1 Å². The van der Waals surface area contributed by atoms with Crippen molar-refractivity contribution >= 4 is 17.8 Å². The number of carbonyl (C=O) groups excluding carboxylic acids is 3. The average Bonchev–Trinajstić information content (AvgIpc) is 3.43. The van der Waals surface area contributed by atoms with Crippen molar-refractivity contribution < 1.29 is 23.9 Å². The first kappa shape index (κ1) is 22.1. The van der Waals surface area contributed by atoms with Crippen LogP contribution in [0.5, 0.6) is 5.75 Å². The fourth-order valence-corrected chi connectivity index (χ4v) is 4.42. The van der Waals surface area contributed by atoms with Crippen molar-refractivity contribution in [3.8, 4) is 5.75 Å². The molecule has 172 valence electrons. The summed E-state index contributed by atoms with van der Waals surface area (Å²) >= 11 is 0. The van der Waals surface area contributed by atoms with E-state index in [-0.39, 0.29) is 30.5 Å². The first-order chi connectivity index (χ1) is 15.2. The minimum absolute atomic E-state index is 0.0165. The van der Waals surface area contributed by atoms with Crippen molar-refractivity contribution in [3.05, 3.63) is 41.1 Å². The molecule has 9 nitrogen and oxygen atoms in total. The summed E-state index contributed by atoms with van der Waals surface area (Å²) in [4.78, 5) is 42.2. The van der Waals surface area contributed by atoms with Gasteiger partial charge in [-0.2, -0.15) is 0 Å². The van der Waals surface area contributed by atoms with E-state index in [1.54, 1.807) is 40.1 Å². The molecule has 9 heteroatoms. The zero-order valence-corrected chi connectivity index (χ0v) is 18.9. The normalized spacial score (nSPS) is 23.4. The van der Waals surface area contributed by atoms with Crippen LogP contribution in [0.1, 0.15) is 38.3 Å². The maximum atomic E-state index is 13.6. The largest absolute Gasteiger partial charge is 0.497 e. The Morgan fingerprint density at radius 2 is 2.00 bits per heavy atom. The minimum Gasteiger partial charge on any atom is -0.497 e. The van der Waals surface area contributed by atoms with Crippen LogP contribution < -0.4 is 15.4 Å². The highest BCUT2D eigenvalue weighted by molar-refractivity contribution is 6.04. The highest BCUT2D eigenvalue weighted by Gasteiger charge is 2.49. The average molecular weight is 443 g/mol. The zero-order valence-electron chi connectivity index (χ0n) is 18.9. The smallest absolute Gasteiger partial charge is 0.322 e. The maximum Gasteiger partial charge on any atom is 0.322 e. The van der Waals surface area contributed by atoms with Gasteiger partial charge in [-0.05, 0) is 44.4 Å². The molecule has 0 spiro atoms. The zero-order chi connectivity index (χ0) is 23.0. The van der Waals surface area contributed by atoms with Crippen molar-refractivity contribution in [2.45, 2.75) is 44.4 Å². The molecule has 32 heavy (non-hydrogen) atoms. The van der Waals surface area contributed by atoms with E-state index in [0.29, 0.717) is 30.2 Å². The molecule has 1 aromatic rings. The molecule has 0 unspecified atom stereocenters. The molecule has 4 rings (SSSR count). The van der Waals surface area contributed by atoms with E-state index in [1.807, 2.05) is 12.1 Å². The van der Waals surface area contributed by atoms with Gasteiger partial charge in [0.1, 0.15) is 11.3 Å². The van der Waals surface area contributed by atoms with E-state index < -0.39 is 11.6 Å². The molecule has 1 aromatic carbocycles. The summed E-state index contributed by atoms with van der Waals surface area (Å²) in [7, 11) is 3.22. The van der Waals surface area contributed by atoms with Gasteiger partial charge < -0.3 is 25.0 Å². The molecule has 3 heterocycles. The van der Waals surface area contributed by atoms with Crippen molar-refractivity contribution in [2.75, 3.05) is 33.9 Å². The summed E-state index contributed by atoms with van der Waals surface area (Å²) in [6, 6.07) is 6.35. The summed E-state index contributed by atoms with van der Waals surface area (Å²) in [5.41, 5.74) is 0.772. The van der Waals surface area contributed by atoms with Crippen LogP contribution in [0.3, 0.4) is 0 Å². The summed E-state index contributed by atoms with van der Waals surface area (Å²) in [6.07, 6.45) is 1.93. The number of nitrogens with one attached hydrogen (secondary N) is 2. The first-order valence-corrected chi connectivity index (χ1v) is 10.9. The third-order valence-electron chi connectivity index (χ3n) is 6.55. The van der Waals surface area contributed by atoms with Gasteiger partial charge >= 0.3 is 6.03 Å². The predicted molar refractivity (Wildman–Crippen MR) is 117 cm³/mol. The van der Waals surface area contributed by atoms with Gasteiger partial charge in [0.05, 0.1) is 37.1 Å². The number of rotatable bonds is 6. The Labute approximate surface area is 187 Å². The monoisotopic (exact) mass is 442 g/mol. The molecular weight excluding hydrogens is 412 g/mol. The molecule has 3 aliphatic rings. The van der Waals surface area contributed by atoms with Crippen molar-refractivity contribution in [1.82, 2.24) is 20.4 Å². The Morgan fingerprint density at radius 3 is 2.62 bits per heavy atom. The van der Waals surface area contributed by atoms with Gasteiger partial charge in [0, 0.05) is 20.2 Å². The Kier molecular flexibility index (Phi) is 5.85. The number of hydrogen-bond acceptors (Lipinski definition) is 5. The lowest BCUT2D eigenvalue weighted by Crippen LogP contribution is -2.57. The van der Waals surface area contributed by atoms with E-state index in [1.165, 1.54) is 9.80 Å². The molecule has 0 bridgehead atoms. The fraction of sp³-hybridized carbons (Fsp3) is 0.522. The van der Waals surface area contributed by atoms with Crippen LogP contribution >= 0.6 is 0 Å². The number of amides is 4. The maximum absolute atomic E-state index is 13.6. The lowest BCUT2D eigenvalue weighted by Gasteiger charge is -2.35. The molecule has 2 N–H and O–H groups in total. The van der Waals surface area contributed by atoms with E-state index in [9.17, 15) is 14.4 Å². The quantitative estimate of drug-likeness (QED) is 0.697. The lowest BCUT2D eigenvalue weighted by molar-refractivity contribution is -0.142. The third-order valence-corrected chi connectivity index (χ3v) is 6.55. The van der Waals surface area contributed by atoms with Crippen LogP contribution in [0, 0.1) is 0 Å². The van der Waals surface area contributed by atoms with Crippen molar-refractivity contribution in [3.63, 3.8) is 0 Å². The molecule has 0 aromatic heterocycles.